The Hall–Kier alpha value is -4.33. The van der Waals surface area contributed by atoms with E-state index in [9.17, 15) is 19.8 Å². The summed E-state index contributed by atoms with van der Waals surface area (Å²) in [5, 5.41) is 23.0. The number of aromatic hydroxyl groups is 2. The highest BCUT2D eigenvalue weighted by molar-refractivity contribution is 5.97. The highest BCUT2D eigenvalue weighted by Gasteiger charge is 2.11. The van der Waals surface area contributed by atoms with E-state index in [4.69, 9.17) is 4.74 Å². The van der Waals surface area contributed by atoms with Gasteiger partial charge in [-0.2, -0.15) is 5.10 Å². The first-order valence-electron chi connectivity index (χ1n) is 9.22. The van der Waals surface area contributed by atoms with E-state index in [1.165, 1.54) is 25.5 Å². The van der Waals surface area contributed by atoms with Gasteiger partial charge in [0.15, 0.2) is 0 Å². The maximum atomic E-state index is 12.1. The second-order valence-electron chi connectivity index (χ2n) is 6.42. The monoisotopic (exact) mass is 420 g/mol. The van der Waals surface area contributed by atoms with Crippen LogP contribution in [-0.4, -0.2) is 35.4 Å². The van der Waals surface area contributed by atoms with Gasteiger partial charge in [-0.15, -0.1) is 0 Å². The normalized spacial score (nSPS) is 10.6. The second kappa shape index (κ2) is 9.93. The second-order valence-corrected chi connectivity index (χ2v) is 6.42. The molecule has 0 heterocycles. The van der Waals surface area contributed by atoms with E-state index < -0.39 is 11.9 Å². The molecule has 8 nitrogen and oxygen atoms in total. The third kappa shape index (κ3) is 5.60. The number of esters is 1. The minimum Gasteiger partial charge on any atom is -0.508 e. The van der Waals surface area contributed by atoms with E-state index in [0.29, 0.717) is 16.9 Å². The number of carbonyl (C=O) groups excluding carboxylic acids is 2. The van der Waals surface area contributed by atoms with Crippen molar-refractivity contribution < 1.29 is 29.3 Å². The Morgan fingerprint density at radius 2 is 1.77 bits per heavy atom. The molecule has 1 amide bonds. The van der Waals surface area contributed by atoms with Crippen LogP contribution in [0.2, 0.25) is 0 Å². The van der Waals surface area contributed by atoms with Crippen LogP contribution in [0.5, 0.6) is 17.2 Å². The number of ether oxygens (including phenoxy) is 2. The van der Waals surface area contributed by atoms with Gasteiger partial charge in [-0.3, -0.25) is 4.79 Å². The molecule has 0 unspecified atom stereocenters. The van der Waals surface area contributed by atoms with Gasteiger partial charge in [0.1, 0.15) is 23.9 Å². The maximum Gasteiger partial charge on any atom is 0.337 e. The van der Waals surface area contributed by atoms with Crippen molar-refractivity contribution in [2.45, 2.75) is 6.61 Å². The Balaban J connectivity index is 1.63. The van der Waals surface area contributed by atoms with Gasteiger partial charge in [-0.05, 0) is 42.0 Å². The fourth-order valence-electron chi connectivity index (χ4n) is 2.67. The Morgan fingerprint density at radius 1 is 1.03 bits per heavy atom. The highest BCUT2D eigenvalue weighted by Crippen LogP contribution is 2.22. The molecule has 158 valence electrons. The van der Waals surface area contributed by atoms with Gasteiger partial charge in [0, 0.05) is 11.6 Å². The fourth-order valence-corrected chi connectivity index (χ4v) is 2.67. The number of carbonyl (C=O) groups is 2. The van der Waals surface area contributed by atoms with Gasteiger partial charge in [0.25, 0.3) is 5.91 Å². The van der Waals surface area contributed by atoms with Gasteiger partial charge in [-0.1, -0.05) is 24.3 Å². The molecule has 3 aromatic rings. The summed E-state index contributed by atoms with van der Waals surface area (Å²) in [6.07, 6.45) is 1.42. The third-order valence-corrected chi connectivity index (χ3v) is 4.28. The molecule has 0 atom stereocenters. The lowest BCUT2D eigenvalue weighted by molar-refractivity contribution is 0.0600. The molecular weight excluding hydrogens is 400 g/mol. The summed E-state index contributed by atoms with van der Waals surface area (Å²) in [7, 11) is 1.33. The van der Waals surface area contributed by atoms with Crippen molar-refractivity contribution >= 4 is 18.1 Å². The van der Waals surface area contributed by atoms with Crippen LogP contribution in [0.3, 0.4) is 0 Å². The summed E-state index contributed by atoms with van der Waals surface area (Å²) in [4.78, 5) is 23.6. The van der Waals surface area contributed by atoms with Crippen LogP contribution < -0.4 is 10.2 Å². The van der Waals surface area contributed by atoms with Gasteiger partial charge in [-0.25, -0.2) is 10.2 Å². The summed E-state index contributed by atoms with van der Waals surface area (Å²) in [6.45, 7) is 0.264. The van der Waals surface area contributed by atoms with E-state index in [0.717, 1.165) is 11.6 Å². The van der Waals surface area contributed by atoms with E-state index in [1.54, 1.807) is 48.5 Å². The Morgan fingerprint density at radius 3 is 2.48 bits per heavy atom. The standard InChI is InChI=1S/C23H20N2O6/c1-30-23(29)16-8-6-15(7-9-16)14-31-21-5-3-2-4-17(21)13-24-25-22(28)19-11-10-18(26)12-20(19)27/h2-13,26-27H,14H2,1H3,(H,25,28)/b24-13+. The average molecular weight is 420 g/mol. The molecule has 0 aromatic heterocycles. The van der Waals surface area contributed by atoms with Crippen LogP contribution in [0.15, 0.2) is 71.8 Å². The Labute approximate surface area is 178 Å². The molecule has 0 spiro atoms. The number of para-hydroxylation sites is 1. The first-order valence-corrected chi connectivity index (χ1v) is 9.22. The zero-order chi connectivity index (χ0) is 22.2. The van der Waals surface area contributed by atoms with Crippen molar-refractivity contribution in [2.75, 3.05) is 7.11 Å². The number of nitrogens with one attached hydrogen (secondary N) is 1. The Bertz CT molecular complexity index is 1110. The van der Waals surface area contributed by atoms with Gasteiger partial charge in [0.2, 0.25) is 0 Å². The number of amides is 1. The predicted molar refractivity (Wildman–Crippen MR) is 113 cm³/mol. The molecule has 0 radical (unpaired) electrons. The summed E-state index contributed by atoms with van der Waals surface area (Å²) >= 11 is 0. The molecule has 0 aliphatic carbocycles. The average Bonchev–Trinajstić information content (AvgIpc) is 2.78. The number of phenolic OH excluding ortho intramolecular Hbond substituents is 2. The van der Waals surface area contributed by atoms with Crippen molar-refractivity contribution in [3.05, 3.63) is 89.0 Å². The van der Waals surface area contributed by atoms with Gasteiger partial charge >= 0.3 is 5.97 Å². The zero-order valence-corrected chi connectivity index (χ0v) is 16.6. The number of benzene rings is 3. The number of rotatable bonds is 7. The van der Waals surface area contributed by atoms with Crippen molar-refractivity contribution in [3.63, 3.8) is 0 Å². The number of hydrazone groups is 1. The maximum absolute atomic E-state index is 12.1. The minimum absolute atomic E-state index is 0.0186. The first kappa shape index (κ1) is 21.4. The zero-order valence-electron chi connectivity index (χ0n) is 16.6. The topological polar surface area (TPSA) is 117 Å². The summed E-state index contributed by atoms with van der Waals surface area (Å²) < 4.78 is 10.5. The van der Waals surface area contributed by atoms with Crippen molar-refractivity contribution in [2.24, 2.45) is 5.10 Å². The van der Waals surface area contributed by atoms with Crippen molar-refractivity contribution in [1.29, 1.82) is 0 Å². The van der Waals surface area contributed by atoms with Crippen LogP contribution >= 0.6 is 0 Å². The predicted octanol–water partition coefficient (Wildman–Crippen LogP) is 3.23. The quantitative estimate of drug-likeness (QED) is 0.307. The summed E-state index contributed by atoms with van der Waals surface area (Å²) in [5.41, 5.74) is 4.24. The molecule has 0 fully saturated rings. The van der Waals surface area contributed by atoms with E-state index >= 15 is 0 Å². The van der Waals surface area contributed by atoms with Crippen LogP contribution in [0, 0.1) is 0 Å². The molecule has 0 aliphatic heterocycles. The van der Waals surface area contributed by atoms with Gasteiger partial charge < -0.3 is 19.7 Å². The lowest BCUT2D eigenvalue weighted by Crippen LogP contribution is -2.17. The fraction of sp³-hybridized carbons (Fsp3) is 0.0870. The van der Waals surface area contributed by atoms with Crippen LogP contribution in [0.25, 0.3) is 0 Å². The minimum atomic E-state index is -0.627. The summed E-state index contributed by atoms with van der Waals surface area (Å²) in [5.74, 6) is -0.988. The third-order valence-electron chi connectivity index (χ3n) is 4.28. The number of hydrogen-bond acceptors (Lipinski definition) is 7. The molecule has 31 heavy (non-hydrogen) atoms. The molecule has 0 aliphatic rings. The van der Waals surface area contributed by atoms with E-state index in [-0.39, 0.29) is 23.7 Å². The Kier molecular flexibility index (Phi) is 6.85. The number of hydrogen-bond donors (Lipinski definition) is 3. The largest absolute Gasteiger partial charge is 0.508 e. The smallest absolute Gasteiger partial charge is 0.337 e. The lowest BCUT2D eigenvalue weighted by Gasteiger charge is -2.09. The van der Waals surface area contributed by atoms with Crippen LogP contribution in [0.4, 0.5) is 0 Å². The molecule has 0 saturated heterocycles. The first-order chi connectivity index (χ1) is 15.0. The van der Waals surface area contributed by atoms with Crippen molar-refractivity contribution in [3.8, 4) is 17.2 Å². The molecule has 3 aromatic carbocycles. The van der Waals surface area contributed by atoms with Crippen molar-refractivity contribution in [1.82, 2.24) is 5.43 Å². The molecule has 3 rings (SSSR count). The van der Waals surface area contributed by atoms with Gasteiger partial charge in [0.05, 0.1) is 24.5 Å². The lowest BCUT2D eigenvalue weighted by atomic mass is 10.1. The van der Waals surface area contributed by atoms with E-state index in [2.05, 4.69) is 15.3 Å². The molecule has 8 heteroatoms. The van der Waals surface area contributed by atoms with E-state index in [1.807, 2.05) is 0 Å². The van der Waals surface area contributed by atoms with Crippen LogP contribution in [0.1, 0.15) is 31.8 Å². The number of methoxy groups -OCH3 is 1. The number of nitrogens with zero attached hydrogens (tertiary/aromatic N) is 1. The molecule has 0 bridgehead atoms. The van der Waals surface area contributed by atoms with Crippen LogP contribution in [-0.2, 0) is 11.3 Å². The molecule has 3 N–H and O–H groups in total. The molecule has 0 saturated carbocycles. The highest BCUT2D eigenvalue weighted by atomic mass is 16.5. The number of phenols is 2. The summed E-state index contributed by atoms with van der Waals surface area (Å²) in [6, 6.07) is 17.6. The molecular formula is C23H20N2O6. The SMILES string of the molecule is COC(=O)c1ccc(COc2ccccc2/C=N/NC(=O)c2ccc(O)cc2O)cc1.